The van der Waals surface area contributed by atoms with E-state index in [4.69, 9.17) is 5.73 Å². The highest BCUT2D eigenvalue weighted by molar-refractivity contribution is 7.22. The first-order valence-electron chi connectivity index (χ1n) is 7.61. The molecule has 0 amide bonds. The number of pyridine rings is 1. The van der Waals surface area contributed by atoms with Gasteiger partial charge in [-0.3, -0.25) is 4.98 Å². The van der Waals surface area contributed by atoms with Crippen molar-refractivity contribution in [2.45, 2.75) is 6.92 Å². The number of rotatable bonds is 4. The summed E-state index contributed by atoms with van der Waals surface area (Å²) in [5.74, 6) is 1.05. The molecular weight excluding hydrogens is 334 g/mol. The maximum atomic E-state index is 6.21. The molecule has 0 saturated carbocycles. The topological polar surface area (TPSA) is 102 Å². The maximum absolute atomic E-state index is 6.21. The molecular formula is C17H15N7S. The van der Waals surface area contributed by atoms with Crippen LogP contribution in [0.1, 0.15) is 5.56 Å². The Morgan fingerprint density at radius 3 is 2.52 bits per heavy atom. The van der Waals surface area contributed by atoms with Gasteiger partial charge in [0.1, 0.15) is 12.0 Å². The smallest absolute Gasteiger partial charge is 0.189 e. The lowest BCUT2D eigenvalue weighted by atomic mass is 10.2. The SMILES string of the molecule is Cc1cccc2sc(Nc3ncnc(Nc4ccncc4)c3N)nc12. The molecule has 4 rings (SSSR count). The Kier molecular flexibility index (Phi) is 3.87. The molecule has 8 heteroatoms. The van der Waals surface area contributed by atoms with Crippen LogP contribution in [0.5, 0.6) is 0 Å². The van der Waals surface area contributed by atoms with E-state index in [9.17, 15) is 0 Å². The van der Waals surface area contributed by atoms with Crippen LogP contribution in [0, 0.1) is 6.92 Å². The van der Waals surface area contributed by atoms with E-state index in [0.29, 0.717) is 17.3 Å². The Labute approximate surface area is 148 Å². The second-order valence-electron chi connectivity index (χ2n) is 5.41. The van der Waals surface area contributed by atoms with Gasteiger partial charge < -0.3 is 16.4 Å². The van der Waals surface area contributed by atoms with Crippen LogP contribution in [-0.4, -0.2) is 19.9 Å². The molecule has 0 saturated heterocycles. The molecule has 0 radical (unpaired) electrons. The number of hydrogen-bond acceptors (Lipinski definition) is 8. The van der Waals surface area contributed by atoms with Gasteiger partial charge in [0.25, 0.3) is 0 Å². The minimum absolute atomic E-state index is 0.426. The number of anilines is 5. The third kappa shape index (κ3) is 3.07. The Morgan fingerprint density at radius 1 is 1.00 bits per heavy atom. The van der Waals surface area contributed by atoms with Gasteiger partial charge in [-0.2, -0.15) is 0 Å². The number of fused-ring (bicyclic) bond motifs is 1. The zero-order valence-corrected chi connectivity index (χ0v) is 14.2. The molecule has 0 aliphatic heterocycles. The van der Waals surface area contributed by atoms with Crippen molar-refractivity contribution >= 4 is 49.7 Å². The van der Waals surface area contributed by atoms with Gasteiger partial charge in [0, 0.05) is 18.1 Å². The van der Waals surface area contributed by atoms with Crippen molar-refractivity contribution in [2.75, 3.05) is 16.4 Å². The molecule has 0 aliphatic rings. The van der Waals surface area contributed by atoms with Gasteiger partial charge in [-0.15, -0.1) is 0 Å². The normalized spacial score (nSPS) is 10.8. The van der Waals surface area contributed by atoms with Crippen molar-refractivity contribution in [3.63, 3.8) is 0 Å². The molecule has 1 aromatic carbocycles. The molecule has 0 bridgehead atoms. The Bertz CT molecular complexity index is 1030. The first kappa shape index (κ1) is 15.3. The van der Waals surface area contributed by atoms with Gasteiger partial charge in [-0.1, -0.05) is 23.5 Å². The van der Waals surface area contributed by atoms with E-state index < -0.39 is 0 Å². The number of aromatic nitrogens is 4. The summed E-state index contributed by atoms with van der Waals surface area (Å²) in [7, 11) is 0. The summed E-state index contributed by atoms with van der Waals surface area (Å²) < 4.78 is 1.12. The van der Waals surface area contributed by atoms with Crippen molar-refractivity contribution in [3.05, 3.63) is 54.6 Å². The number of nitrogens with zero attached hydrogens (tertiary/aromatic N) is 4. The van der Waals surface area contributed by atoms with Crippen LogP contribution in [0.4, 0.5) is 28.1 Å². The van der Waals surface area contributed by atoms with Crippen LogP contribution in [0.2, 0.25) is 0 Å². The van der Waals surface area contributed by atoms with Crippen LogP contribution in [0.3, 0.4) is 0 Å². The largest absolute Gasteiger partial charge is 0.393 e. The standard InChI is InChI=1S/C17H15N7S/c1-10-3-2-4-12-14(10)23-17(25-12)24-16-13(18)15(20-9-21-16)22-11-5-7-19-8-6-11/h2-9H,18H2,1H3,(H2,19,20,21,22,23,24). The van der Waals surface area contributed by atoms with E-state index in [-0.39, 0.29) is 0 Å². The molecule has 25 heavy (non-hydrogen) atoms. The van der Waals surface area contributed by atoms with E-state index in [1.807, 2.05) is 37.3 Å². The monoisotopic (exact) mass is 349 g/mol. The predicted molar refractivity (Wildman–Crippen MR) is 102 cm³/mol. The zero-order valence-electron chi connectivity index (χ0n) is 13.4. The second kappa shape index (κ2) is 6.33. The molecule has 7 nitrogen and oxygen atoms in total. The van der Waals surface area contributed by atoms with E-state index in [0.717, 1.165) is 26.6 Å². The first-order chi connectivity index (χ1) is 12.2. The van der Waals surface area contributed by atoms with Gasteiger partial charge in [-0.05, 0) is 30.7 Å². The number of hydrogen-bond donors (Lipinski definition) is 3. The molecule has 0 unspecified atom stereocenters. The number of aryl methyl sites for hydroxylation is 1. The number of benzene rings is 1. The van der Waals surface area contributed by atoms with E-state index in [2.05, 4.69) is 30.6 Å². The number of thiazole rings is 1. The molecule has 3 heterocycles. The van der Waals surface area contributed by atoms with Crippen molar-refractivity contribution in [3.8, 4) is 0 Å². The van der Waals surface area contributed by atoms with Crippen LogP contribution >= 0.6 is 11.3 Å². The van der Waals surface area contributed by atoms with Gasteiger partial charge in [-0.25, -0.2) is 15.0 Å². The summed E-state index contributed by atoms with van der Waals surface area (Å²) in [6.45, 7) is 2.04. The van der Waals surface area contributed by atoms with Gasteiger partial charge in [0.05, 0.1) is 10.2 Å². The van der Waals surface area contributed by atoms with E-state index >= 15 is 0 Å². The molecule has 0 atom stereocenters. The fraction of sp³-hybridized carbons (Fsp3) is 0.0588. The fourth-order valence-electron chi connectivity index (χ4n) is 2.41. The molecule has 3 aromatic heterocycles. The van der Waals surface area contributed by atoms with Gasteiger partial charge in [0.2, 0.25) is 0 Å². The van der Waals surface area contributed by atoms with Crippen LogP contribution in [-0.2, 0) is 0 Å². The minimum Gasteiger partial charge on any atom is -0.393 e. The second-order valence-corrected chi connectivity index (χ2v) is 6.44. The maximum Gasteiger partial charge on any atom is 0.189 e. The molecule has 0 spiro atoms. The van der Waals surface area contributed by atoms with Crippen molar-refractivity contribution in [2.24, 2.45) is 0 Å². The molecule has 124 valence electrons. The lowest BCUT2D eigenvalue weighted by Crippen LogP contribution is -2.05. The van der Waals surface area contributed by atoms with Crippen LogP contribution in [0.15, 0.2) is 49.1 Å². The number of nitrogens with two attached hydrogens (primary N) is 1. The van der Waals surface area contributed by atoms with Crippen LogP contribution < -0.4 is 16.4 Å². The Hall–Kier alpha value is -3.26. The Balaban J connectivity index is 1.64. The van der Waals surface area contributed by atoms with E-state index in [1.165, 1.54) is 6.33 Å². The average Bonchev–Trinajstić information content (AvgIpc) is 3.03. The third-order valence-electron chi connectivity index (χ3n) is 3.67. The van der Waals surface area contributed by atoms with Gasteiger partial charge in [0.15, 0.2) is 16.8 Å². The summed E-state index contributed by atoms with van der Waals surface area (Å²) in [5.41, 5.74) is 9.61. The van der Waals surface area contributed by atoms with E-state index in [1.54, 1.807) is 23.7 Å². The quantitative estimate of drug-likeness (QED) is 0.514. The molecule has 0 fully saturated rings. The molecule has 4 N–H and O–H groups in total. The summed E-state index contributed by atoms with van der Waals surface area (Å²) >= 11 is 1.56. The molecule has 0 aliphatic carbocycles. The molecule has 4 aromatic rings. The number of para-hydroxylation sites is 1. The van der Waals surface area contributed by atoms with Gasteiger partial charge >= 0.3 is 0 Å². The lowest BCUT2D eigenvalue weighted by Gasteiger charge is -2.11. The lowest BCUT2D eigenvalue weighted by molar-refractivity contribution is 1.17. The first-order valence-corrected chi connectivity index (χ1v) is 8.43. The van der Waals surface area contributed by atoms with Crippen molar-refractivity contribution < 1.29 is 0 Å². The highest BCUT2D eigenvalue weighted by atomic mass is 32.1. The Morgan fingerprint density at radius 2 is 1.76 bits per heavy atom. The van der Waals surface area contributed by atoms with Crippen LogP contribution in [0.25, 0.3) is 10.2 Å². The van der Waals surface area contributed by atoms with Crippen molar-refractivity contribution in [1.29, 1.82) is 0 Å². The summed E-state index contributed by atoms with van der Waals surface area (Å²) in [6.07, 6.45) is 4.85. The van der Waals surface area contributed by atoms with Crippen molar-refractivity contribution in [1.82, 2.24) is 19.9 Å². The summed E-state index contributed by atoms with van der Waals surface area (Å²) in [5, 5.41) is 7.10. The fourth-order valence-corrected chi connectivity index (χ4v) is 3.35. The minimum atomic E-state index is 0.426. The number of nitrogens with one attached hydrogen (secondary N) is 2. The summed E-state index contributed by atoms with van der Waals surface area (Å²) in [4.78, 5) is 17.1. The highest BCUT2D eigenvalue weighted by Crippen LogP contribution is 2.32. The average molecular weight is 349 g/mol. The highest BCUT2D eigenvalue weighted by Gasteiger charge is 2.12. The number of nitrogen functional groups attached to an aromatic ring is 1. The summed E-state index contributed by atoms with van der Waals surface area (Å²) in [6, 6.07) is 9.79. The predicted octanol–water partition coefficient (Wildman–Crippen LogP) is 3.86. The third-order valence-corrected chi connectivity index (χ3v) is 4.61. The zero-order chi connectivity index (χ0) is 17.2.